The Morgan fingerprint density at radius 1 is 0.914 bits per heavy atom. The minimum Gasteiger partial charge on any atom is -0.264 e. The number of benzene rings is 1. The summed E-state index contributed by atoms with van der Waals surface area (Å²) in [5.74, 6) is 0.342. The lowest BCUT2D eigenvalue weighted by Gasteiger charge is -2.06. The predicted molar refractivity (Wildman–Crippen MR) is 155 cm³/mol. The van der Waals surface area contributed by atoms with Crippen LogP contribution >= 0.6 is 0 Å². The fourth-order valence-electron chi connectivity index (χ4n) is 3.55. The van der Waals surface area contributed by atoms with Crippen molar-refractivity contribution < 1.29 is 0 Å². The quantitative estimate of drug-likeness (QED) is 0.185. The molecule has 180 valence electrons. The van der Waals surface area contributed by atoms with Crippen LogP contribution in [0.3, 0.4) is 0 Å². The molecule has 0 fully saturated rings. The van der Waals surface area contributed by atoms with E-state index in [0.717, 1.165) is 34.4 Å². The SMILES string of the molecule is C=C(/C=C(\N=C/C)c1ccc(-c2cccnc2)cc1)/C=C/CC(/C=C\C)/C=C/C(C)=C(C)\C=C\C. The summed E-state index contributed by atoms with van der Waals surface area (Å²) in [5, 5.41) is 0. The molecule has 0 amide bonds. The molecule has 0 aliphatic carbocycles. The number of nitrogens with zero attached hydrogens (tertiary/aromatic N) is 2. The Bertz CT molecular complexity index is 1150. The zero-order chi connectivity index (χ0) is 25.5. The van der Waals surface area contributed by atoms with Gasteiger partial charge in [-0.25, -0.2) is 0 Å². The van der Waals surface area contributed by atoms with Gasteiger partial charge in [0.2, 0.25) is 0 Å². The summed E-state index contributed by atoms with van der Waals surface area (Å²) in [6, 6.07) is 12.4. The highest BCUT2D eigenvalue weighted by Gasteiger charge is 2.03. The van der Waals surface area contributed by atoms with Gasteiger partial charge in [-0.15, -0.1) is 0 Å². The van der Waals surface area contributed by atoms with Crippen molar-refractivity contribution in [1.82, 2.24) is 4.98 Å². The van der Waals surface area contributed by atoms with Crippen molar-refractivity contribution in [3.05, 3.63) is 132 Å². The van der Waals surface area contributed by atoms with Crippen LogP contribution in [0.2, 0.25) is 0 Å². The number of aliphatic imine (C=N–C) groups is 1. The molecule has 1 atom stereocenters. The molecule has 2 nitrogen and oxygen atoms in total. The first kappa shape index (κ1) is 27.5. The summed E-state index contributed by atoms with van der Waals surface area (Å²) in [4.78, 5) is 8.79. The Hall–Kier alpha value is -3.78. The number of hydrogen-bond donors (Lipinski definition) is 0. The Morgan fingerprint density at radius 3 is 2.29 bits per heavy atom. The van der Waals surface area contributed by atoms with E-state index < -0.39 is 0 Å². The number of aromatic nitrogens is 1. The van der Waals surface area contributed by atoms with E-state index >= 15 is 0 Å². The highest BCUT2D eigenvalue weighted by atomic mass is 14.7. The molecule has 2 heteroatoms. The highest BCUT2D eigenvalue weighted by molar-refractivity contribution is 5.76. The van der Waals surface area contributed by atoms with Crippen LogP contribution in [0.15, 0.2) is 132 Å². The second kappa shape index (κ2) is 15.2. The van der Waals surface area contributed by atoms with E-state index in [9.17, 15) is 0 Å². The van der Waals surface area contributed by atoms with Crippen LogP contribution in [0.1, 0.15) is 46.6 Å². The number of pyridine rings is 1. The molecule has 0 saturated heterocycles. The first-order valence-corrected chi connectivity index (χ1v) is 12.2. The van der Waals surface area contributed by atoms with Crippen LogP contribution in [-0.4, -0.2) is 11.2 Å². The van der Waals surface area contributed by atoms with Gasteiger partial charge in [0.1, 0.15) is 0 Å². The molecule has 0 aliphatic heterocycles. The highest BCUT2D eigenvalue weighted by Crippen LogP contribution is 2.24. The minimum atomic E-state index is 0.342. The van der Waals surface area contributed by atoms with Gasteiger partial charge in [0, 0.05) is 24.2 Å². The summed E-state index contributed by atoms with van der Waals surface area (Å²) < 4.78 is 0. The topological polar surface area (TPSA) is 25.2 Å². The van der Waals surface area contributed by atoms with Crippen molar-refractivity contribution in [2.24, 2.45) is 10.9 Å². The van der Waals surface area contributed by atoms with Crippen LogP contribution in [0.25, 0.3) is 16.8 Å². The first-order chi connectivity index (χ1) is 17.0. The van der Waals surface area contributed by atoms with E-state index in [1.165, 1.54) is 11.1 Å². The van der Waals surface area contributed by atoms with E-state index in [4.69, 9.17) is 0 Å². The molecular weight excluding hydrogens is 424 g/mol. The summed E-state index contributed by atoms with van der Waals surface area (Å²) in [7, 11) is 0. The molecule has 35 heavy (non-hydrogen) atoms. The van der Waals surface area contributed by atoms with E-state index in [1.54, 1.807) is 6.20 Å². The average molecular weight is 463 g/mol. The molecule has 0 N–H and O–H groups in total. The van der Waals surface area contributed by atoms with Crippen molar-refractivity contribution in [1.29, 1.82) is 0 Å². The zero-order valence-electron chi connectivity index (χ0n) is 21.8. The first-order valence-electron chi connectivity index (χ1n) is 12.2. The lowest BCUT2D eigenvalue weighted by molar-refractivity contribution is 0.829. The summed E-state index contributed by atoms with van der Waals surface area (Å²) in [6.07, 6.45) is 25.7. The molecular formula is C33H38N2. The van der Waals surface area contributed by atoms with E-state index in [1.807, 2.05) is 38.4 Å². The van der Waals surface area contributed by atoms with Gasteiger partial charge >= 0.3 is 0 Å². The average Bonchev–Trinajstić information content (AvgIpc) is 2.87. The maximum absolute atomic E-state index is 4.59. The number of rotatable bonds is 11. The number of allylic oxidation sites excluding steroid dienone is 12. The number of hydrogen-bond acceptors (Lipinski definition) is 2. The molecule has 1 unspecified atom stereocenters. The van der Waals surface area contributed by atoms with Crippen LogP contribution in [0, 0.1) is 5.92 Å². The summed E-state index contributed by atoms with van der Waals surface area (Å²) >= 11 is 0. The Labute approximate surface area is 212 Å². The Kier molecular flexibility index (Phi) is 11.9. The third-order valence-electron chi connectivity index (χ3n) is 5.58. The van der Waals surface area contributed by atoms with Gasteiger partial charge in [0.05, 0.1) is 5.70 Å². The molecule has 0 spiro atoms. The van der Waals surface area contributed by atoms with Gasteiger partial charge in [-0.05, 0) is 86.9 Å². The zero-order valence-corrected chi connectivity index (χ0v) is 21.8. The fraction of sp³-hybridized carbons (Fsp3) is 0.212. The van der Waals surface area contributed by atoms with E-state index in [0.29, 0.717) is 5.92 Å². The largest absolute Gasteiger partial charge is 0.264 e. The van der Waals surface area contributed by atoms with Crippen molar-refractivity contribution in [2.45, 2.75) is 41.0 Å². The standard InChI is InChI=1S/C33H38N2/c1-7-12-27(5)28(6)17-18-29(13-8-2)15-10-14-26(4)24-33(35-9-3)31-21-19-30(20-22-31)32-16-11-23-34-25-32/h7-14,16-25,29H,4,15H2,1-3,5-6H3/b12-7+,13-8-,14-10+,18-17+,28-27-,33-24-,35-9-. The maximum Gasteiger partial charge on any atom is 0.0703 e. The van der Waals surface area contributed by atoms with Crippen molar-refractivity contribution in [2.75, 3.05) is 0 Å². The second-order valence-electron chi connectivity index (χ2n) is 8.36. The summed E-state index contributed by atoms with van der Waals surface area (Å²) in [6.45, 7) is 14.6. The molecule has 1 aromatic carbocycles. The minimum absolute atomic E-state index is 0.342. The van der Waals surface area contributed by atoms with Gasteiger partial charge in [0.15, 0.2) is 0 Å². The van der Waals surface area contributed by atoms with Gasteiger partial charge < -0.3 is 0 Å². The van der Waals surface area contributed by atoms with E-state index in [-0.39, 0.29) is 0 Å². The van der Waals surface area contributed by atoms with E-state index in [2.05, 4.69) is 116 Å². The molecule has 0 radical (unpaired) electrons. The van der Waals surface area contributed by atoms with Gasteiger partial charge in [-0.2, -0.15) is 0 Å². The summed E-state index contributed by atoms with van der Waals surface area (Å²) in [5.41, 5.74) is 7.67. The molecule has 0 saturated carbocycles. The van der Waals surface area contributed by atoms with Crippen LogP contribution in [0.5, 0.6) is 0 Å². The van der Waals surface area contributed by atoms with Crippen LogP contribution < -0.4 is 0 Å². The molecule has 0 bridgehead atoms. The van der Waals surface area contributed by atoms with Gasteiger partial charge in [0.25, 0.3) is 0 Å². The maximum atomic E-state index is 4.59. The molecule has 0 aliphatic rings. The van der Waals surface area contributed by atoms with Crippen molar-refractivity contribution in [3.8, 4) is 11.1 Å². The normalized spacial score (nSPS) is 14.6. The molecule has 1 aromatic heterocycles. The predicted octanol–water partition coefficient (Wildman–Crippen LogP) is 9.34. The fourth-order valence-corrected chi connectivity index (χ4v) is 3.55. The molecule has 2 aromatic rings. The van der Waals surface area contributed by atoms with Crippen LogP contribution in [0.4, 0.5) is 0 Å². The third-order valence-corrected chi connectivity index (χ3v) is 5.58. The Morgan fingerprint density at radius 2 is 1.66 bits per heavy atom. The lowest BCUT2D eigenvalue weighted by Crippen LogP contribution is -1.90. The van der Waals surface area contributed by atoms with Crippen LogP contribution in [-0.2, 0) is 0 Å². The van der Waals surface area contributed by atoms with Crippen molar-refractivity contribution in [3.63, 3.8) is 0 Å². The molecule has 2 rings (SSSR count). The van der Waals surface area contributed by atoms with Gasteiger partial charge in [-0.3, -0.25) is 9.98 Å². The monoisotopic (exact) mass is 462 g/mol. The van der Waals surface area contributed by atoms with Gasteiger partial charge in [-0.1, -0.05) is 85.5 Å². The van der Waals surface area contributed by atoms with Crippen molar-refractivity contribution >= 4 is 11.9 Å². The second-order valence-corrected chi connectivity index (χ2v) is 8.36. The Balaban J connectivity index is 2.12. The molecule has 1 heterocycles. The third kappa shape index (κ3) is 9.54. The smallest absolute Gasteiger partial charge is 0.0703 e. The lowest BCUT2D eigenvalue weighted by atomic mass is 10.0.